The number of carbonyl (C=O) groups is 1. The lowest BCUT2D eigenvalue weighted by Crippen LogP contribution is -2.41. The zero-order valence-electron chi connectivity index (χ0n) is 11.3. The number of ketones is 1. The highest BCUT2D eigenvalue weighted by Gasteiger charge is 2.40. The van der Waals surface area contributed by atoms with Gasteiger partial charge < -0.3 is 0 Å². The van der Waals surface area contributed by atoms with Crippen LogP contribution in [0.25, 0.3) is 0 Å². The van der Waals surface area contributed by atoms with Gasteiger partial charge in [-0.15, -0.1) is 0 Å². The van der Waals surface area contributed by atoms with Gasteiger partial charge in [-0.1, -0.05) is 37.6 Å². The molecule has 1 atom stereocenters. The summed E-state index contributed by atoms with van der Waals surface area (Å²) in [5.41, 5.74) is 1.98. The molecule has 0 bridgehead atoms. The monoisotopic (exact) mass is 243 g/mol. The minimum Gasteiger partial charge on any atom is -0.299 e. The number of aliphatic imine (C=N–C) groups is 1. The van der Waals surface area contributed by atoms with Gasteiger partial charge in [-0.25, -0.2) is 0 Å². The van der Waals surface area contributed by atoms with Crippen LogP contribution >= 0.6 is 0 Å². The highest BCUT2D eigenvalue weighted by Crippen LogP contribution is 2.37. The smallest absolute Gasteiger partial charge is 0.148 e. The van der Waals surface area contributed by atoms with Gasteiger partial charge in [-0.2, -0.15) is 0 Å². The van der Waals surface area contributed by atoms with Crippen LogP contribution in [0.1, 0.15) is 43.7 Å². The number of benzene rings is 1. The Bertz CT molecular complexity index is 464. The molecule has 0 heterocycles. The number of hydrogen-bond donors (Lipinski definition) is 0. The van der Waals surface area contributed by atoms with Crippen molar-refractivity contribution in [1.82, 2.24) is 0 Å². The van der Waals surface area contributed by atoms with Gasteiger partial charge in [0.25, 0.3) is 0 Å². The van der Waals surface area contributed by atoms with Gasteiger partial charge in [0.1, 0.15) is 5.78 Å². The van der Waals surface area contributed by atoms with Gasteiger partial charge in [0, 0.05) is 19.7 Å². The molecular formula is C16H21NO. The average molecular weight is 243 g/mol. The van der Waals surface area contributed by atoms with E-state index in [4.69, 9.17) is 0 Å². The zero-order chi connectivity index (χ0) is 13.0. The van der Waals surface area contributed by atoms with E-state index in [1.165, 1.54) is 11.1 Å². The van der Waals surface area contributed by atoms with E-state index >= 15 is 0 Å². The van der Waals surface area contributed by atoms with E-state index in [-0.39, 0.29) is 0 Å². The summed E-state index contributed by atoms with van der Waals surface area (Å²) in [4.78, 5) is 16.7. The third kappa shape index (κ3) is 2.12. The molecule has 2 nitrogen and oxygen atoms in total. The van der Waals surface area contributed by atoms with Crippen LogP contribution in [-0.4, -0.2) is 19.0 Å². The van der Waals surface area contributed by atoms with E-state index in [9.17, 15) is 4.79 Å². The van der Waals surface area contributed by atoms with Crippen molar-refractivity contribution in [1.29, 1.82) is 0 Å². The molecule has 2 rings (SSSR count). The second-order valence-electron chi connectivity index (χ2n) is 5.00. The van der Waals surface area contributed by atoms with Gasteiger partial charge in [0.05, 0.1) is 5.41 Å². The predicted molar refractivity (Wildman–Crippen MR) is 75.4 cm³/mol. The van der Waals surface area contributed by atoms with Crippen molar-refractivity contribution in [3.8, 4) is 0 Å². The third-order valence-corrected chi connectivity index (χ3v) is 3.95. The first-order valence-corrected chi connectivity index (χ1v) is 6.79. The van der Waals surface area contributed by atoms with E-state index in [2.05, 4.69) is 24.0 Å². The fraction of sp³-hybridized carbons (Fsp3) is 0.500. The second-order valence-corrected chi connectivity index (χ2v) is 5.00. The molecule has 0 unspecified atom stereocenters. The summed E-state index contributed by atoms with van der Waals surface area (Å²) >= 11 is 0. The normalized spacial score (nSPS) is 24.7. The van der Waals surface area contributed by atoms with Crippen molar-refractivity contribution >= 4 is 12.0 Å². The van der Waals surface area contributed by atoms with Crippen LogP contribution < -0.4 is 0 Å². The lowest BCUT2D eigenvalue weighted by molar-refractivity contribution is -0.123. The quantitative estimate of drug-likeness (QED) is 0.749. The molecule has 1 aromatic rings. The summed E-state index contributed by atoms with van der Waals surface area (Å²) in [5, 5.41) is 0. The van der Waals surface area contributed by atoms with Gasteiger partial charge in [-0.3, -0.25) is 9.79 Å². The first-order valence-electron chi connectivity index (χ1n) is 6.79. The Morgan fingerprint density at radius 2 is 2.11 bits per heavy atom. The molecule has 0 saturated heterocycles. The van der Waals surface area contributed by atoms with Gasteiger partial charge in [0.2, 0.25) is 0 Å². The summed E-state index contributed by atoms with van der Waals surface area (Å²) in [6, 6.07) is 8.31. The lowest BCUT2D eigenvalue weighted by atomic mass is 9.68. The lowest BCUT2D eigenvalue weighted by Gasteiger charge is -2.34. The molecule has 2 heteroatoms. The zero-order valence-corrected chi connectivity index (χ0v) is 11.3. The van der Waals surface area contributed by atoms with Crippen LogP contribution in [0, 0.1) is 0 Å². The Hall–Kier alpha value is -1.44. The molecule has 0 N–H and O–H groups in total. The van der Waals surface area contributed by atoms with Crippen molar-refractivity contribution in [2.75, 3.05) is 7.05 Å². The fourth-order valence-electron chi connectivity index (χ4n) is 3.03. The van der Waals surface area contributed by atoms with Crippen molar-refractivity contribution in [2.45, 2.75) is 44.4 Å². The minimum atomic E-state index is -0.459. The highest BCUT2D eigenvalue weighted by atomic mass is 16.1. The van der Waals surface area contributed by atoms with E-state index in [0.29, 0.717) is 12.2 Å². The minimum absolute atomic E-state index is 0.334. The number of Topliss-reactive ketones (excluding diaryl/α,β-unsaturated/α-hetero) is 1. The molecule has 1 saturated carbocycles. The molecule has 18 heavy (non-hydrogen) atoms. The number of aryl methyl sites for hydroxylation is 1. The van der Waals surface area contributed by atoms with Crippen molar-refractivity contribution in [3.05, 3.63) is 35.4 Å². The number of rotatable bonds is 3. The van der Waals surface area contributed by atoms with Crippen molar-refractivity contribution < 1.29 is 4.79 Å². The van der Waals surface area contributed by atoms with Gasteiger partial charge in [-0.05, 0) is 30.4 Å². The molecule has 0 spiro atoms. The maximum atomic E-state index is 12.5. The standard InChI is InChI=1S/C16H21NO/c1-3-13-8-4-5-9-14(13)16(12-17-2)11-7-6-10-15(16)18/h4-5,8-9,12H,3,6-7,10-11H2,1-2H3/b17-12+/t16-/m0/s1. The van der Waals surface area contributed by atoms with Crippen molar-refractivity contribution in [3.63, 3.8) is 0 Å². The molecule has 96 valence electrons. The van der Waals surface area contributed by atoms with Crippen molar-refractivity contribution in [2.24, 2.45) is 4.99 Å². The second kappa shape index (κ2) is 5.47. The van der Waals surface area contributed by atoms with Crippen LogP contribution in [0.4, 0.5) is 0 Å². The summed E-state index contributed by atoms with van der Waals surface area (Å²) in [6.45, 7) is 2.14. The Morgan fingerprint density at radius 3 is 2.78 bits per heavy atom. The van der Waals surface area contributed by atoms with E-state index in [0.717, 1.165) is 25.7 Å². The highest BCUT2D eigenvalue weighted by molar-refractivity contribution is 6.06. The molecule has 0 aromatic heterocycles. The molecule has 1 aliphatic rings. The van der Waals surface area contributed by atoms with E-state index in [1.807, 2.05) is 18.3 Å². The van der Waals surface area contributed by atoms with Gasteiger partial charge >= 0.3 is 0 Å². The summed E-state index contributed by atoms with van der Waals surface area (Å²) in [6.07, 6.45) is 6.55. The Labute approximate surface area is 109 Å². The maximum absolute atomic E-state index is 12.5. The SMILES string of the molecule is CCc1ccccc1[C@@]1(/C=N/C)CCCCC1=O. The van der Waals surface area contributed by atoms with Crippen LogP contribution in [0.15, 0.2) is 29.3 Å². The van der Waals surface area contributed by atoms with Crippen LogP contribution in [-0.2, 0) is 16.6 Å². The van der Waals surface area contributed by atoms with Crippen LogP contribution in [0.3, 0.4) is 0 Å². The molecule has 1 fully saturated rings. The summed E-state index contributed by atoms with van der Waals surface area (Å²) < 4.78 is 0. The molecular weight excluding hydrogens is 222 g/mol. The fourth-order valence-corrected chi connectivity index (χ4v) is 3.03. The summed E-state index contributed by atoms with van der Waals surface area (Å²) in [7, 11) is 1.76. The Morgan fingerprint density at radius 1 is 1.33 bits per heavy atom. The molecule has 0 radical (unpaired) electrons. The maximum Gasteiger partial charge on any atom is 0.148 e. The predicted octanol–water partition coefficient (Wildman–Crippen LogP) is 3.33. The van der Waals surface area contributed by atoms with Gasteiger partial charge in [0.15, 0.2) is 0 Å². The first kappa shape index (κ1) is 13.0. The van der Waals surface area contributed by atoms with E-state index < -0.39 is 5.41 Å². The number of hydrogen-bond acceptors (Lipinski definition) is 2. The largest absolute Gasteiger partial charge is 0.299 e. The molecule has 1 aromatic carbocycles. The molecule has 1 aliphatic carbocycles. The van der Waals surface area contributed by atoms with Crippen LogP contribution in [0.2, 0.25) is 0 Å². The summed E-state index contributed by atoms with van der Waals surface area (Å²) in [5.74, 6) is 0.334. The third-order valence-electron chi connectivity index (χ3n) is 3.95. The Kier molecular flexibility index (Phi) is 3.95. The molecule has 0 aliphatic heterocycles. The van der Waals surface area contributed by atoms with E-state index in [1.54, 1.807) is 7.05 Å². The number of carbonyl (C=O) groups excluding carboxylic acids is 1. The average Bonchev–Trinajstić information content (AvgIpc) is 2.42. The topological polar surface area (TPSA) is 29.4 Å². The Balaban J connectivity index is 2.56. The first-order chi connectivity index (χ1) is 8.74. The number of nitrogens with zero attached hydrogens (tertiary/aromatic N) is 1. The molecule has 0 amide bonds. The van der Waals surface area contributed by atoms with Crippen LogP contribution in [0.5, 0.6) is 0 Å².